The Morgan fingerprint density at radius 3 is 2.75 bits per heavy atom. The summed E-state index contributed by atoms with van der Waals surface area (Å²) >= 11 is 0. The molecule has 0 radical (unpaired) electrons. The van der Waals surface area contributed by atoms with Crippen molar-refractivity contribution >= 4 is 0 Å². The molecule has 1 aliphatic carbocycles. The largest absolute Gasteiger partial charge is 0.330 e. The van der Waals surface area contributed by atoms with E-state index in [4.69, 9.17) is 5.73 Å². The van der Waals surface area contributed by atoms with Gasteiger partial charge >= 0.3 is 0 Å². The molecule has 1 aromatic rings. The lowest BCUT2D eigenvalue weighted by Gasteiger charge is -2.32. The fourth-order valence-corrected chi connectivity index (χ4v) is 2.95. The highest BCUT2D eigenvalue weighted by molar-refractivity contribution is 5.30. The molecule has 1 saturated carbocycles. The summed E-state index contributed by atoms with van der Waals surface area (Å²) in [5.74, 6) is 0.985. The second kappa shape index (κ2) is 4.96. The standard InChI is InChI=1S/C14H20FN/c1-10-8-12(15)6-7-13(10)14-5-3-2-4-11(14)9-16/h6-8,11,14H,2-5,9,16H2,1H3. The van der Waals surface area contributed by atoms with Crippen LogP contribution in [0.1, 0.15) is 42.7 Å². The smallest absolute Gasteiger partial charge is 0.123 e. The Labute approximate surface area is 96.9 Å². The Morgan fingerprint density at radius 1 is 1.31 bits per heavy atom. The Kier molecular flexibility index (Phi) is 3.59. The van der Waals surface area contributed by atoms with Gasteiger partial charge in [0.25, 0.3) is 0 Å². The van der Waals surface area contributed by atoms with Crippen LogP contribution in [0.15, 0.2) is 18.2 Å². The molecule has 2 heteroatoms. The van der Waals surface area contributed by atoms with Crippen LogP contribution in [-0.4, -0.2) is 6.54 Å². The van der Waals surface area contributed by atoms with Gasteiger partial charge in [0.05, 0.1) is 0 Å². The first-order chi connectivity index (χ1) is 7.72. The summed E-state index contributed by atoms with van der Waals surface area (Å²) in [7, 11) is 0. The first-order valence-electron chi connectivity index (χ1n) is 6.18. The van der Waals surface area contributed by atoms with Gasteiger partial charge in [0.1, 0.15) is 5.82 Å². The van der Waals surface area contributed by atoms with E-state index >= 15 is 0 Å². The quantitative estimate of drug-likeness (QED) is 0.814. The summed E-state index contributed by atoms with van der Waals surface area (Å²) < 4.78 is 13.1. The number of halogens is 1. The van der Waals surface area contributed by atoms with Crippen LogP contribution in [0.2, 0.25) is 0 Å². The van der Waals surface area contributed by atoms with Crippen LogP contribution in [0.4, 0.5) is 4.39 Å². The maximum atomic E-state index is 13.1. The van der Waals surface area contributed by atoms with E-state index in [0.717, 1.165) is 12.1 Å². The molecule has 0 heterocycles. The van der Waals surface area contributed by atoms with Gasteiger partial charge in [-0.15, -0.1) is 0 Å². The van der Waals surface area contributed by atoms with E-state index in [2.05, 4.69) is 0 Å². The molecule has 1 aliphatic rings. The lowest BCUT2D eigenvalue weighted by atomic mass is 9.74. The lowest BCUT2D eigenvalue weighted by molar-refractivity contribution is 0.313. The number of rotatable bonds is 2. The minimum absolute atomic E-state index is 0.138. The molecule has 0 bridgehead atoms. The maximum absolute atomic E-state index is 13.1. The van der Waals surface area contributed by atoms with Crippen LogP contribution in [0.3, 0.4) is 0 Å². The SMILES string of the molecule is Cc1cc(F)ccc1C1CCCCC1CN. The predicted octanol–water partition coefficient (Wildman–Crippen LogP) is 3.37. The molecule has 2 N–H and O–H groups in total. The van der Waals surface area contributed by atoms with Gasteiger partial charge in [0, 0.05) is 0 Å². The van der Waals surface area contributed by atoms with E-state index in [1.165, 1.54) is 31.2 Å². The highest BCUT2D eigenvalue weighted by atomic mass is 19.1. The summed E-state index contributed by atoms with van der Waals surface area (Å²) in [6.07, 6.45) is 4.99. The topological polar surface area (TPSA) is 26.0 Å². The van der Waals surface area contributed by atoms with Crippen LogP contribution < -0.4 is 5.73 Å². The molecule has 0 aromatic heterocycles. The van der Waals surface area contributed by atoms with E-state index in [1.807, 2.05) is 13.0 Å². The van der Waals surface area contributed by atoms with E-state index in [0.29, 0.717) is 11.8 Å². The first-order valence-corrected chi connectivity index (χ1v) is 6.18. The second-order valence-electron chi connectivity index (χ2n) is 4.89. The van der Waals surface area contributed by atoms with E-state index in [1.54, 1.807) is 12.1 Å². The molecule has 0 saturated heterocycles. The molecule has 2 atom stereocenters. The van der Waals surface area contributed by atoms with Gasteiger partial charge in [-0.1, -0.05) is 18.9 Å². The Morgan fingerprint density at radius 2 is 2.06 bits per heavy atom. The van der Waals surface area contributed by atoms with Crippen molar-refractivity contribution in [1.82, 2.24) is 0 Å². The van der Waals surface area contributed by atoms with Crippen LogP contribution >= 0.6 is 0 Å². The van der Waals surface area contributed by atoms with Crippen molar-refractivity contribution in [2.75, 3.05) is 6.54 Å². The summed E-state index contributed by atoms with van der Waals surface area (Å²) in [5.41, 5.74) is 8.21. The van der Waals surface area contributed by atoms with E-state index in [9.17, 15) is 4.39 Å². The normalized spacial score (nSPS) is 25.7. The van der Waals surface area contributed by atoms with Crippen molar-refractivity contribution in [3.05, 3.63) is 35.1 Å². The van der Waals surface area contributed by atoms with Gasteiger partial charge in [-0.05, 0) is 61.4 Å². The van der Waals surface area contributed by atoms with Crippen LogP contribution in [-0.2, 0) is 0 Å². The van der Waals surface area contributed by atoms with Gasteiger partial charge in [-0.3, -0.25) is 0 Å². The zero-order valence-corrected chi connectivity index (χ0v) is 9.88. The average Bonchev–Trinajstić information content (AvgIpc) is 2.29. The van der Waals surface area contributed by atoms with Gasteiger partial charge in [-0.25, -0.2) is 4.39 Å². The molecule has 1 fully saturated rings. The highest BCUT2D eigenvalue weighted by Crippen LogP contribution is 2.38. The third-order valence-electron chi connectivity index (χ3n) is 3.84. The number of hydrogen-bond acceptors (Lipinski definition) is 1. The van der Waals surface area contributed by atoms with Gasteiger partial charge < -0.3 is 5.73 Å². The second-order valence-corrected chi connectivity index (χ2v) is 4.89. The Bertz CT molecular complexity index is 362. The Hall–Kier alpha value is -0.890. The molecule has 0 aliphatic heterocycles. The molecular weight excluding hydrogens is 201 g/mol. The molecule has 0 spiro atoms. The molecule has 88 valence electrons. The molecule has 1 nitrogen and oxygen atoms in total. The van der Waals surface area contributed by atoms with Crippen LogP contribution in [0.5, 0.6) is 0 Å². The zero-order chi connectivity index (χ0) is 11.5. The minimum Gasteiger partial charge on any atom is -0.330 e. The van der Waals surface area contributed by atoms with E-state index < -0.39 is 0 Å². The van der Waals surface area contributed by atoms with Crippen LogP contribution in [0.25, 0.3) is 0 Å². The zero-order valence-electron chi connectivity index (χ0n) is 9.88. The Balaban J connectivity index is 2.27. The van der Waals surface area contributed by atoms with Crippen molar-refractivity contribution < 1.29 is 4.39 Å². The van der Waals surface area contributed by atoms with Crippen molar-refractivity contribution in [1.29, 1.82) is 0 Å². The highest BCUT2D eigenvalue weighted by Gasteiger charge is 2.26. The maximum Gasteiger partial charge on any atom is 0.123 e. The van der Waals surface area contributed by atoms with Crippen molar-refractivity contribution in [2.24, 2.45) is 11.7 Å². The number of benzene rings is 1. The molecule has 2 rings (SSSR count). The van der Waals surface area contributed by atoms with Gasteiger partial charge in [0.2, 0.25) is 0 Å². The predicted molar refractivity (Wildman–Crippen MR) is 64.9 cm³/mol. The lowest BCUT2D eigenvalue weighted by Crippen LogP contribution is -2.25. The molecular formula is C14H20FN. The van der Waals surface area contributed by atoms with Crippen molar-refractivity contribution in [3.8, 4) is 0 Å². The first kappa shape index (κ1) is 11.6. The summed E-state index contributed by atoms with van der Waals surface area (Å²) in [5, 5.41) is 0. The minimum atomic E-state index is -0.138. The van der Waals surface area contributed by atoms with Crippen molar-refractivity contribution in [2.45, 2.75) is 38.5 Å². The fourth-order valence-electron chi connectivity index (χ4n) is 2.95. The number of hydrogen-bond donors (Lipinski definition) is 1. The van der Waals surface area contributed by atoms with Gasteiger partial charge in [0.15, 0.2) is 0 Å². The summed E-state index contributed by atoms with van der Waals surface area (Å²) in [6.45, 7) is 2.75. The number of aryl methyl sites for hydroxylation is 1. The third kappa shape index (κ3) is 2.27. The third-order valence-corrected chi connectivity index (χ3v) is 3.84. The van der Waals surface area contributed by atoms with Crippen LogP contribution in [0, 0.1) is 18.7 Å². The average molecular weight is 221 g/mol. The summed E-state index contributed by atoms with van der Waals surface area (Å²) in [4.78, 5) is 0. The molecule has 2 unspecified atom stereocenters. The van der Waals surface area contributed by atoms with Gasteiger partial charge in [-0.2, -0.15) is 0 Å². The molecule has 0 amide bonds. The molecule has 16 heavy (non-hydrogen) atoms. The molecule has 1 aromatic carbocycles. The fraction of sp³-hybridized carbons (Fsp3) is 0.571. The number of nitrogens with two attached hydrogens (primary N) is 1. The summed E-state index contributed by atoms with van der Waals surface area (Å²) in [6, 6.07) is 5.16. The van der Waals surface area contributed by atoms with Crippen molar-refractivity contribution in [3.63, 3.8) is 0 Å². The van der Waals surface area contributed by atoms with E-state index in [-0.39, 0.29) is 5.82 Å². The monoisotopic (exact) mass is 221 g/mol.